The number of halogens is 4. The molecule has 0 amide bonds. The standard InChI is InChI=1S/C37H38F2N4O4.C35H33F2N7O3/c1-3-46-34(45)14-11-24-9-8-10-25(19-24)37(2,16-6-4-5-7-17-40)33-22-42-36(43-33)28-20-26(12-13-30(28)38)47-35-29(23-44)27-15-18-41-32(27)21-31(35)39;1-35(22-7-5-6-21(16-22)9-12-32(45)46)14-4-2-3-8-31-41-42-43-44(31)20-26-24-13-15-38-29(24)18-28(37)33(26)47-23-10-11-27(36)25(17-23)34-39-19-30(35)40-34/h8-10,12-13,15,18-22,41,44H,3-7,11,14,16,23H2,1-2H3,(H,42,43);5-7,10-11,13,15-19,38H,2-4,8-9,12,14,20H2,1H3,(H,39,40)(H,45,46). The second-order valence-corrected chi connectivity index (χ2v) is 23.9. The zero-order chi connectivity index (χ0) is 65.9. The van der Waals surface area contributed by atoms with Gasteiger partial charge in [-0.25, -0.2) is 32.2 Å². The fourth-order valence-corrected chi connectivity index (χ4v) is 12.4. The molecule has 0 aliphatic carbocycles. The number of ether oxygens (including phenoxy) is 3. The van der Waals surface area contributed by atoms with Crippen LogP contribution in [0, 0.1) is 34.6 Å². The summed E-state index contributed by atoms with van der Waals surface area (Å²) in [4.78, 5) is 45.1. The lowest BCUT2D eigenvalue weighted by molar-refractivity contribution is -0.143. The normalized spacial score (nSPS) is 14.7. The van der Waals surface area contributed by atoms with Crippen LogP contribution in [0.5, 0.6) is 23.0 Å². The number of benzene rings is 6. The summed E-state index contributed by atoms with van der Waals surface area (Å²) in [5.41, 5.74) is 6.73. The van der Waals surface area contributed by atoms with Crippen LogP contribution in [0.1, 0.15) is 142 Å². The van der Waals surface area contributed by atoms with Gasteiger partial charge in [-0.2, -0.15) is 5.26 Å². The Bertz CT molecular complexity index is 4550. The van der Waals surface area contributed by atoms with Crippen LogP contribution in [0.3, 0.4) is 0 Å². The number of hydrogen-bond acceptors (Lipinski definition) is 12. The number of aromatic nitrogens is 10. The average Bonchev–Trinajstić information content (AvgIpc) is 1.52. The van der Waals surface area contributed by atoms with Crippen LogP contribution in [-0.2, 0) is 57.6 Å². The Hall–Kier alpha value is -10.4. The maximum absolute atomic E-state index is 15.7. The van der Waals surface area contributed by atoms with Crippen molar-refractivity contribution >= 4 is 33.7 Å². The average molecular weight is 1280 g/mol. The highest BCUT2D eigenvalue weighted by Crippen LogP contribution is 2.43. The monoisotopic (exact) mass is 1280 g/mol. The predicted molar refractivity (Wildman–Crippen MR) is 345 cm³/mol. The fourth-order valence-electron chi connectivity index (χ4n) is 12.4. The summed E-state index contributed by atoms with van der Waals surface area (Å²) in [6.07, 6.45) is 15.8. The number of carboxylic acid groups (broad SMARTS) is 1. The van der Waals surface area contributed by atoms with Crippen molar-refractivity contribution in [1.82, 2.24) is 50.1 Å². The van der Waals surface area contributed by atoms with Crippen molar-refractivity contribution in [3.05, 3.63) is 208 Å². The molecule has 22 heteroatoms. The number of nitrogens with one attached hydrogen (secondary N) is 4. The summed E-state index contributed by atoms with van der Waals surface area (Å²) in [7, 11) is 0. The molecule has 1 aliphatic rings. The van der Waals surface area contributed by atoms with Crippen LogP contribution >= 0.6 is 0 Å². The van der Waals surface area contributed by atoms with E-state index >= 15 is 17.6 Å². The number of aryl methyl sites for hydroxylation is 3. The Morgan fingerprint density at radius 3 is 2.30 bits per heavy atom. The number of carboxylic acids is 1. The number of tetrazole rings is 1. The van der Waals surface area contributed by atoms with Gasteiger partial charge in [0.15, 0.2) is 29.0 Å². The number of carbonyl (C=O) groups is 2. The molecule has 1 aliphatic heterocycles. The van der Waals surface area contributed by atoms with Crippen molar-refractivity contribution in [2.75, 3.05) is 6.61 Å². The van der Waals surface area contributed by atoms with Crippen LogP contribution in [0.2, 0.25) is 0 Å². The van der Waals surface area contributed by atoms with Crippen LogP contribution in [0.15, 0.2) is 134 Å². The molecule has 5 aromatic heterocycles. The first-order chi connectivity index (χ1) is 45.5. The van der Waals surface area contributed by atoms with E-state index in [1.165, 1.54) is 48.5 Å². The molecule has 18 nitrogen and oxygen atoms in total. The first-order valence-corrected chi connectivity index (χ1v) is 31.5. The Labute approximate surface area is 539 Å². The molecule has 12 rings (SSSR count). The number of aliphatic carboxylic acids is 1. The largest absolute Gasteiger partial charge is 0.481 e. The first kappa shape index (κ1) is 65.1. The fraction of sp³-hybridized carbons (Fsp3) is 0.306. The molecule has 6 heterocycles. The molecule has 0 radical (unpaired) electrons. The topological polar surface area (TPSA) is 259 Å². The number of hydrogen-bond donors (Lipinski definition) is 6. The van der Waals surface area contributed by atoms with E-state index in [2.05, 4.69) is 71.4 Å². The number of esters is 1. The molecule has 2 unspecified atom stereocenters. The van der Waals surface area contributed by atoms with Gasteiger partial charge in [0.1, 0.15) is 34.8 Å². The number of carbonyl (C=O) groups excluding carboxylic acids is 1. The van der Waals surface area contributed by atoms with Crippen LogP contribution in [0.4, 0.5) is 17.6 Å². The number of rotatable bonds is 19. The third-order valence-corrected chi connectivity index (χ3v) is 17.7. The molecule has 6 aromatic carbocycles. The van der Waals surface area contributed by atoms with Gasteiger partial charge in [0, 0.05) is 118 Å². The number of fused-ring (bicyclic) bond motifs is 10. The second-order valence-electron chi connectivity index (χ2n) is 23.9. The number of H-pyrrole nitrogens is 4. The summed E-state index contributed by atoms with van der Waals surface area (Å²) in [5, 5.41) is 42.0. The minimum absolute atomic E-state index is 0.00714. The second kappa shape index (κ2) is 29.0. The molecule has 2 atom stereocenters. The van der Waals surface area contributed by atoms with Crippen molar-refractivity contribution in [3.8, 4) is 51.8 Å². The summed E-state index contributed by atoms with van der Waals surface area (Å²) in [5.74, 6) is -1.82. The number of nitriles is 1. The maximum Gasteiger partial charge on any atom is 0.306 e. The molecule has 0 spiro atoms. The lowest BCUT2D eigenvalue weighted by Gasteiger charge is -2.30. The highest BCUT2D eigenvalue weighted by Gasteiger charge is 2.34. The van der Waals surface area contributed by atoms with Gasteiger partial charge in [-0.05, 0) is 141 Å². The van der Waals surface area contributed by atoms with Crippen LogP contribution in [0.25, 0.3) is 44.6 Å². The van der Waals surface area contributed by atoms with E-state index in [-0.39, 0.29) is 70.9 Å². The Morgan fingerprint density at radius 2 is 1.51 bits per heavy atom. The van der Waals surface area contributed by atoms with Crippen LogP contribution in [-0.4, -0.2) is 78.9 Å². The van der Waals surface area contributed by atoms with E-state index in [1.807, 2.05) is 48.5 Å². The summed E-state index contributed by atoms with van der Waals surface area (Å²) >= 11 is 0. The maximum atomic E-state index is 15.7. The SMILES string of the molecule is CC1(c2cccc(CCC(=O)O)c2)CCCCCc2nnnn2Cc2c(c(F)cc3[nH]ccc23)Oc2ccc(F)c(c2)-c2ncc1[nH]2.CCOC(=O)CCc1cccc(C(C)(CCCCCC#N)c2cnc(-c3cc(Oc4c(F)cc5[nH]ccc5c4CO)ccc3F)[nH]2)c1. The van der Waals surface area contributed by atoms with E-state index in [4.69, 9.17) is 19.5 Å². The van der Waals surface area contributed by atoms with Gasteiger partial charge in [-0.1, -0.05) is 74.2 Å². The van der Waals surface area contributed by atoms with Crippen molar-refractivity contribution in [2.24, 2.45) is 0 Å². The molecule has 0 fully saturated rings. The highest BCUT2D eigenvalue weighted by atomic mass is 19.1. The number of nitrogens with zero attached hydrogens (tertiary/aromatic N) is 7. The third kappa shape index (κ3) is 14.4. The zero-order valence-corrected chi connectivity index (χ0v) is 52.3. The third-order valence-electron chi connectivity index (χ3n) is 17.7. The van der Waals surface area contributed by atoms with Gasteiger partial charge in [0.2, 0.25) is 0 Å². The molecule has 4 bridgehead atoms. The van der Waals surface area contributed by atoms with Crippen LogP contribution < -0.4 is 9.47 Å². The Balaban J connectivity index is 0.000000192. The first-order valence-electron chi connectivity index (χ1n) is 31.5. The summed E-state index contributed by atoms with van der Waals surface area (Å²) in [6.45, 7) is 6.07. The van der Waals surface area contributed by atoms with Crippen molar-refractivity contribution in [2.45, 2.75) is 135 Å². The van der Waals surface area contributed by atoms with Crippen molar-refractivity contribution in [1.29, 1.82) is 5.26 Å². The van der Waals surface area contributed by atoms with E-state index in [0.717, 1.165) is 90.4 Å². The van der Waals surface area contributed by atoms with E-state index in [1.54, 1.807) is 42.5 Å². The minimum Gasteiger partial charge on any atom is -0.481 e. The number of aromatic amines is 4. The van der Waals surface area contributed by atoms with Gasteiger partial charge < -0.3 is 44.4 Å². The van der Waals surface area contributed by atoms with Crippen molar-refractivity contribution in [3.63, 3.8) is 0 Å². The zero-order valence-electron chi connectivity index (χ0n) is 52.3. The smallest absolute Gasteiger partial charge is 0.306 e. The Kier molecular flexibility index (Phi) is 20.1. The molecule has 6 N–H and O–H groups in total. The molecular formula is C72H71F4N11O7. The molecule has 11 aromatic rings. The molecule has 94 heavy (non-hydrogen) atoms. The van der Waals surface area contributed by atoms with E-state index < -0.39 is 46.7 Å². The van der Waals surface area contributed by atoms with Gasteiger partial charge in [-0.15, -0.1) is 5.10 Å². The number of aliphatic hydroxyl groups is 1. The summed E-state index contributed by atoms with van der Waals surface area (Å²) < 4.78 is 80.3. The highest BCUT2D eigenvalue weighted by molar-refractivity contribution is 5.86. The van der Waals surface area contributed by atoms with Gasteiger partial charge >= 0.3 is 11.9 Å². The van der Waals surface area contributed by atoms with Crippen molar-refractivity contribution < 1.29 is 51.6 Å². The molecule has 484 valence electrons. The van der Waals surface area contributed by atoms with Gasteiger partial charge in [-0.3, -0.25) is 9.59 Å². The lowest BCUT2D eigenvalue weighted by atomic mass is 9.75. The number of unbranched alkanes of at least 4 members (excludes halogenated alkanes) is 3. The Morgan fingerprint density at radius 1 is 0.787 bits per heavy atom. The molecule has 0 saturated heterocycles. The summed E-state index contributed by atoms with van der Waals surface area (Å²) in [6, 6.07) is 32.8. The van der Waals surface area contributed by atoms with E-state index in [0.29, 0.717) is 65.9 Å². The predicted octanol–water partition coefficient (Wildman–Crippen LogP) is 15.5. The lowest BCUT2D eigenvalue weighted by Crippen LogP contribution is -2.24. The molecule has 0 saturated carbocycles. The molecular weight excluding hydrogens is 1210 g/mol. The van der Waals surface area contributed by atoms with Gasteiger partial charge in [0.05, 0.1) is 37.0 Å². The minimum atomic E-state index is -0.848. The van der Waals surface area contributed by atoms with Gasteiger partial charge in [0.25, 0.3) is 0 Å². The number of aliphatic hydroxyl groups excluding tert-OH is 1. The quantitative estimate of drug-likeness (QED) is 0.0250. The van der Waals surface area contributed by atoms with E-state index in [9.17, 15) is 19.8 Å². The number of imidazole rings is 2.